The highest BCUT2D eigenvalue weighted by Gasteiger charge is 2.53. The van der Waals surface area contributed by atoms with Crippen LogP contribution in [0.4, 0.5) is 0 Å². The van der Waals surface area contributed by atoms with Crippen molar-refractivity contribution in [1.29, 1.82) is 0 Å². The molecule has 4 saturated carbocycles. The van der Waals surface area contributed by atoms with E-state index in [1.807, 2.05) is 0 Å². The second-order valence-electron chi connectivity index (χ2n) is 8.77. The van der Waals surface area contributed by atoms with Gasteiger partial charge in [-0.25, -0.2) is 0 Å². The minimum absolute atomic E-state index is 0.0631. The Bertz CT molecular complexity index is 469. The standard InChI is InChI=1S/C18H29N3O2/c1-12(20-17(23)11-21-3-2-19-16(22)10-21)18-7-13-4-14(8-18)6-15(5-13)9-18/h12-15H,2-11H2,1H3,(H,19,22)(H,20,23)/p+1/t12-,13?,14?,15?,18?/m1/s1. The number of carbonyl (C=O) groups is 2. The Morgan fingerprint density at radius 2 is 1.87 bits per heavy atom. The molecule has 0 radical (unpaired) electrons. The van der Waals surface area contributed by atoms with E-state index in [0.29, 0.717) is 25.0 Å². The topological polar surface area (TPSA) is 62.6 Å². The van der Waals surface area contributed by atoms with Crippen LogP contribution in [0.5, 0.6) is 0 Å². The van der Waals surface area contributed by atoms with Crippen molar-refractivity contribution in [3.05, 3.63) is 0 Å². The molecule has 1 saturated heterocycles. The van der Waals surface area contributed by atoms with Gasteiger partial charge in [0.15, 0.2) is 13.1 Å². The van der Waals surface area contributed by atoms with Gasteiger partial charge in [-0.3, -0.25) is 9.59 Å². The predicted molar refractivity (Wildman–Crippen MR) is 86.8 cm³/mol. The molecule has 5 fully saturated rings. The van der Waals surface area contributed by atoms with Crippen molar-refractivity contribution in [2.45, 2.75) is 51.5 Å². The van der Waals surface area contributed by atoms with E-state index in [2.05, 4.69) is 17.6 Å². The third-order valence-corrected chi connectivity index (χ3v) is 7.00. The van der Waals surface area contributed by atoms with Crippen LogP contribution in [0, 0.1) is 23.2 Å². The molecule has 5 rings (SSSR count). The number of amides is 2. The molecule has 2 atom stereocenters. The summed E-state index contributed by atoms with van der Waals surface area (Å²) in [5.41, 5.74) is 0.360. The lowest BCUT2D eigenvalue weighted by atomic mass is 9.48. The Morgan fingerprint density at radius 3 is 2.43 bits per heavy atom. The zero-order chi connectivity index (χ0) is 16.0. The van der Waals surface area contributed by atoms with E-state index >= 15 is 0 Å². The van der Waals surface area contributed by atoms with Crippen molar-refractivity contribution < 1.29 is 14.5 Å². The van der Waals surface area contributed by atoms with Crippen molar-refractivity contribution in [1.82, 2.24) is 10.6 Å². The molecule has 4 bridgehead atoms. The number of carbonyl (C=O) groups excluding carboxylic acids is 2. The maximum absolute atomic E-state index is 12.5. The largest absolute Gasteiger partial charge is 0.348 e. The number of quaternary nitrogens is 1. The van der Waals surface area contributed by atoms with Crippen molar-refractivity contribution in [3.8, 4) is 0 Å². The molecule has 128 valence electrons. The second kappa shape index (κ2) is 5.76. The van der Waals surface area contributed by atoms with Gasteiger partial charge in [-0.15, -0.1) is 0 Å². The normalized spacial score (nSPS) is 43.1. The van der Waals surface area contributed by atoms with Crippen molar-refractivity contribution >= 4 is 11.8 Å². The van der Waals surface area contributed by atoms with Crippen LogP contribution in [0.3, 0.4) is 0 Å². The molecule has 4 aliphatic carbocycles. The number of hydrogen-bond donors (Lipinski definition) is 3. The van der Waals surface area contributed by atoms with Crippen molar-refractivity contribution in [2.75, 3.05) is 26.2 Å². The Kier molecular flexibility index (Phi) is 3.87. The predicted octanol–water partition coefficient (Wildman–Crippen LogP) is -0.278. The first-order valence-corrected chi connectivity index (χ1v) is 9.42. The summed E-state index contributed by atoms with van der Waals surface area (Å²) in [6, 6.07) is 0.279. The van der Waals surface area contributed by atoms with E-state index in [1.54, 1.807) is 0 Å². The number of hydrogen-bond acceptors (Lipinski definition) is 2. The highest BCUT2D eigenvalue weighted by Crippen LogP contribution is 2.61. The van der Waals surface area contributed by atoms with Gasteiger partial charge in [0, 0.05) is 6.04 Å². The first kappa shape index (κ1) is 15.4. The van der Waals surface area contributed by atoms with Gasteiger partial charge in [0.05, 0.1) is 13.1 Å². The minimum atomic E-state index is 0.0631. The van der Waals surface area contributed by atoms with E-state index < -0.39 is 0 Å². The molecule has 5 aliphatic rings. The highest BCUT2D eigenvalue weighted by atomic mass is 16.2. The summed E-state index contributed by atoms with van der Waals surface area (Å²) < 4.78 is 0. The molecule has 1 unspecified atom stereocenters. The summed E-state index contributed by atoms with van der Waals surface area (Å²) in [6.45, 7) is 4.63. The van der Waals surface area contributed by atoms with Crippen LogP contribution in [-0.4, -0.2) is 44.0 Å². The number of nitrogens with one attached hydrogen (secondary N) is 3. The fraction of sp³-hybridized carbons (Fsp3) is 0.889. The quantitative estimate of drug-likeness (QED) is 0.667. The van der Waals surface area contributed by atoms with E-state index in [9.17, 15) is 9.59 Å². The van der Waals surface area contributed by atoms with Crippen LogP contribution >= 0.6 is 0 Å². The van der Waals surface area contributed by atoms with Crippen LogP contribution < -0.4 is 15.5 Å². The van der Waals surface area contributed by atoms with Gasteiger partial charge in [-0.05, 0) is 68.6 Å². The van der Waals surface area contributed by atoms with Crippen LogP contribution in [0.2, 0.25) is 0 Å². The molecule has 5 heteroatoms. The van der Waals surface area contributed by atoms with Crippen molar-refractivity contribution in [3.63, 3.8) is 0 Å². The maximum Gasteiger partial charge on any atom is 0.275 e. The van der Waals surface area contributed by atoms with Crippen molar-refractivity contribution in [2.24, 2.45) is 23.2 Å². The molecular weight excluding hydrogens is 290 g/mol. The molecule has 23 heavy (non-hydrogen) atoms. The number of piperazine rings is 1. The van der Waals surface area contributed by atoms with Gasteiger partial charge in [-0.1, -0.05) is 0 Å². The molecule has 2 amide bonds. The molecule has 3 N–H and O–H groups in total. The van der Waals surface area contributed by atoms with E-state index in [0.717, 1.165) is 29.2 Å². The SMILES string of the molecule is C[C@@H](NC(=O)C[NH+]1CCNC(=O)C1)C12CC3CC(CC(C3)C1)C2. The summed E-state index contributed by atoms with van der Waals surface area (Å²) >= 11 is 0. The third-order valence-electron chi connectivity index (χ3n) is 7.00. The van der Waals surface area contributed by atoms with Gasteiger partial charge < -0.3 is 15.5 Å². The lowest BCUT2D eigenvalue weighted by Gasteiger charge is -2.59. The van der Waals surface area contributed by atoms with Gasteiger partial charge in [-0.2, -0.15) is 0 Å². The summed E-state index contributed by atoms with van der Waals surface area (Å²) in [4.78, 5) is 25.0. The molecule has 1 aliphatic heterocycles. The van der Waals surface area contributed by atoms with Gasteiger partial charge in [0.1, 0.15) is 0 Å². The minimum Gasteiger partial charge on any atom is -0.348 e. The summed E-state index contributed by atoms with van der Waals surface area (Å²) in [5.74, 6) is 2.93. The van der Waals surface area contributed by atoms with E-state index in [4.69, 9.17) is 0 Å². The zero-order valence-corrected chi connectivity index (χ0v) is 14.2. The van der Waals surface area contributed by atoms with Gasteiger partial charge >= 0.3 is 0 Å². The molecule has 0 aromatic heterocycles. The molecule has 5 nitrogen and oxygen atoms in total. The Balaban J connectivity index is 1.35. The Morgan fingerprint density at radius 1 is 1.26 bits per heavy atom. The zero-order valence-electron chi connectivity index (χ0n) is 14.2. The average molecular weight is 320 g/mol. The molecule has 0 aromatic rings. The fourth-order valence-corrected chi connectivity index (χ4v) is 6.29. The summed E-state index contributed by atoms with van der Waals surface area (Å²) in [6.07, 6.45) is 8.27. The first-order valence-electron chi connectivity index (χ1n) is 9.42. The smallest absolute Gasteiger partial charge is 0.275 e. The highest BCUT2D eigenvalue weighted by molar-refractivity contribution is 5.79. The van der Waals surface area contributed by atoms with Crippen LogP contribution in [-0.2, 0) is 9.59 Å². The van der Waals surface area contributed by atoms with E-state index in [-0.39, 0.29) is 17.9 Å². The molecule has 0 aromatic carbocycles. The first-order chi connectivity index (χ1) is 11.0. The molecule has 1 heterocycles. The summed E-state index contributed by atoms with van der Waals surface area (Å²) in [7, 11) is 0. The lowest BCUT2D eigenvalue weighted by molar-refractivity contribution is -0.885. The number of rotatable bonds is 4. The maximum atomic E-state index is 12.5. The van der Waals surface area contributed by atoms with Gasteiger partial charge in [0.2, 0.25) is 0 Å². The average Bonchev–Trinajstić information content (AvgIpc) is 2.45. The van der Waals surface area contributed by atoms with Crippen LogP contribution in [0.25, 0.3) is 0 Å². The lowest BCUT2D eigenvalue weighted by Crippen LogP contribution is -3.16. The Labute approximate surface area is 138 Å². The monoisotopic (exact) mass is 320 g/mol. The third kappa shape index (κ3) is 3.00. The summed E-state index contributed by atoms with van der Waals surface area (Å²) in [5, 5.41) is 6.13. The van der Waals surface area contributed by atoms with Crippen LogP contribution in [0.1, 0.15) is 45.4 Å². The second-order valence-corrected chi connectivity index (χ2v) is 8.77. The molecular formula is C18H30N3O2+. The Hall–Kier alpha value is -1.10. The fourth-order valence-electron chi connectivity index (χ4n) is 6.29. The molecule has 0 spiro atoms. The van der Waals surface area contributed by atoms with Gasteiger partial charge in [0.25, 0.3) is 11.8 Å². The van der Waals surface area contributed by atoms with E-state index in [1.165, 1.54) is 38.5 Å². The van der Waals surface area contributed by atoms with Crippen LogP contribution in [0.15, 0.2) is 0 Å².